The third kappa shape index (κ3) is 3.05. The van der Waals surface area contributed by atoms with Crippen molar-refractivity contribution in [3.63, 3.8) is 0 Å². The maximum atomic E-state index is 6.03. The largest absolute Gasteiger partial charge is 0.370 e. The topological polar surface area (TPSA) is 36.9 Å². The maximum Gasteiger partial charge on any atom is 0.115 e. The Morgan fingerprint density at radius 1 is 0.833 bits per heavy atom. The Morgan fingerprint density at radius 3 is 1.78 bits per heavy atom. The van der Waals surface area contributed by atoms with Crippen molar-refractivity contribution in [1.82, 2.24) is 0 Å². The van der Waals surface area contributed by atoms with Gasteiger partial charge in [0.2, 0.25) is 0 Å². The zero-order chi connectivity index (χ0) is 13.3. The van der Waals surface area contributed by atoms with E-state index in [-0.39, 0.29) is 36.6 Å². The van der Waals surface area contributed by atoms with E-state index < -0.39 is 0 Å². The second kappa shape index (κ2) is 5.87. The summed E-state index contributed by atoms with van der Waals surface area (Å²) in [7, 11) is 0. The Hall–Kier alpha value is -0.160. The van der Waals surface area contributed by atoms with Gasteiger partial charge < -0.3 is 18.9 Å². The molecule has 0 saturated carbocycles. The first-order valence-electron chi connectivity index (χ1n) is 7.03. The molecule has 0 spiro atoms. The second-order valence-corrected chi connectivity index (χ2v) is 5.94. The van der Waals surface area contributed by atoms with Crippen molar-refractivity contribution in [2.24, 2.45) is 5.92 Å². The molecule has 5 atom stereocenters. The Bertz CT molecular complexity index is 267. The van der Waals surface area contributed by atoms with Crippen LogP contribution in [0.15, 0.2) is 0 Å². The SMILES string of the molecule is CC(C)O[C@@H]1CO[C@H]2[C@@H]1OC[C@H]2O[C@H](C)C(C)C. The summed E-state index contributed by atoms with van der Waals surface area (Å²) in [6, 6.07) is 0. The molecule has 2 aliphatic rings. The fourth-order valence-electron chi connectivity index (χ4n) is 2.44. The van der Waals surface area contributed by atoms with Crippen LogP contribution in [-0.4, -0.2) is 49.8 Å². The number of fused-ring (bicyclic) bond motifs is 1. The van der Waals surface area contributed by atoms with Crippen molar-refractivity contribution >= 4 is 0 Å². The third-order valence-corrected chi connectivity index (χ3v) is 3.74. The smallest absolute Gasteiger partial charge is 0.115 e. The van der Waals surface area contributed by atoms with Gasteiger partial charge in [-0.25, -0.2) is 0 Å². The Labute approximate surface area is 110 Å². The summed E-state index contributed by atoms with van der Waals surface area (Å²) >= 11 is 0. The summed E-state index contributed by atoms with van der Waals surface area (Å²) in [5, 5.41) is 0. The van der Waals surface area contributed by atoms with Crippen molar-refractivity contribution in [2.75, 3.05) is 13.2 Å². The lowest BCUT2D eigenvalue weighted by Gasteiger charge is -2.23. The standard InChI is InChI=1S/C14H26O4/c1-8(2)10(5)18-12-7-16-13-11(17-9(3)4)6-15-14(12)13/h8-14H,6-7H2,1-5H3/t10-,11-,12-,13-,14-/m1/s1. The lowest BCUT2D eigenvalue weighted by molar-refractivity contribution is -0.0867. The van der Waals surface area contributed by atoms with Crippen molar-refractivity contribution in [3.05, 3.63) is 0 Å². The summed E-state index contributed by atoms with van der Waals surface area (Å²) in [4.78, 5) is 0. The molecule has 0 radical (unpaired) electrons. The molecular formula is C14H26O4. The molecule has 4 heteroatoms. The number of ether oxygens (including phenoxy) is 4. The first-order chi connectivity index (χ1) is 8.49. The Morgan fingerprint density at radius 2 is 1.33 bits per heavy atom. The minimum atomic E-state index is 0.0370. The fraction of sp³-hybridized carbons (Fsp3) is 1.00. The third-order valence-electron chi connectivity index (χ3n) is 3.74. The summed E-state index contributed by atoms with van der Waals surface area (Å²) in [5.41, 5.74) is 0. The van der Waals surface area contributed by atoms with Crippen molar-refractivity contribution in [3.8, 4) is 0 Å². The molecule has 0 aliphatic carbocycles. The second-order valence-electron chi connectivity index (χ2n) is 5.94. The highest BCUT2D eigenvalue weighted by molar-refractivity contribution is 4.96. The van der Waals surface area contributed by atoms with E-state index in [2.05, 4.69) is 20.8 Å². The lowest BCUT2D eigenvalue weighted by atomic mass is 10.1. The molecule has 0 N–H and O–H groups in total. The highest BCUT2D eigenvalue weighted by Crippen LogP contribution is 2.32. The molecule has 0 bridgehead atoms. The highest BCUT2D eigenvalue weighted by atomic mass is 16.6. The van der Waals surface area contributed by atoms with Gasteiger partial charge in [0.25, 0.3) is 0 Å². The molecule has 2 heterocycles. The van der Waals surface area contributed by atoms with Crippen LogP contribution in [0.5, 0.6) is 0 Å². The minimum Gasteiger partial charge on any atom is -0.370 e. The summed E-state index contributed by atoms with van der Waals surface area (Å²) in [6.07, 6.45) is 0.611. The van der Waals surface area contributed by atoms with Gasteiger partial charge in [0.05, 0.1) is 25.4 Å². The predicted molar refractivity (Wildman–Crippen MR) is 68.7 cm³/mol. The summed E-state index contributed by atoms with van der Waals surface area (Å²) in [6.45, 7) is 11.7. The van der Waals surface area contributed by atoms with Crippen molar-refractivity contribution < 1.29 is 18.9 Å². The van der Waals surface area contributed by atoms with E-state index in [1.165, 1.54) is 0 Å². The van der Waals surface area contributed by atoms with Gasteiger partial charge in [-0.15, -0.1) is 0 Å². The molecule has 0 aromatic heterocycles. The van der Waals surface area contributed by atoms with E-state index >= 15 is 0 Å². The number of hydrogen-bond donors (Lipinski definition) is 0. The first kappa shape index (κ1) is 14.3. The van der Waals surface area contributed by atoms with Crippen LogP contribution < -0.4 is 0 Å². The predicted octanol–water partition coefficient (Wildman–Crippen LogP) is 2.01. The van der Waals surface area contributed by atoms with Gasteiger partial charge in [0.1, 0.15) is 24.4 Å². The Kier molecular flexibility index (Phi) is 4.64. The molecule has 0 aromatic rings. The van der Waals surface area contributed by atoms with Gasteiger partial charge in [-0.05, 0) is 26.7 Å². The normalized spacial score (nSPS) is 37.5. The Balaban J connectivity index is 1.88. The monoisotopic (exact) mass is 258 g/mol. The zero-order valence-electron chi connectivity index (χ0n) is 12.1. The highest BCUT2D eigenvalue weighted by Gasteiger charge is 2.49. The van der Waals surface area contributed by atoms with E-state index in [0.717, 1.165) is 0 Å². The van der Waals surface area contributed by atoms with Gasteiger partial charge in [0.15, 0.2) is 0 Å². The van der Waals surface area contributed by atoms with Gasteiger partial charge >= 0.3 is 0 Å². The molecule has 0 aromatic carbocycles. The number of rotatable bonds is 5. The van der Waals surface area contributed by atoms with Gasteiger partial charge in [-0.1, -0.05) is 13.8 Å². The van der Waals surface area contributed by atoms with Crippen molar-refractivity contribution in [1.29, 1.82) is 0 Å². The molecule has 106 valence electrons. The van der Waals surface area contributed by atoms with E-state index in [1.807, 2.05) is 13.8 Å². The van der Waals surface area contributed by atoms with Crippen LogP contribution in [0.4, 0.5) is 0 Å². The fourth-order valence-corrected chi connectivity index (χ4v) is 2.44. The minimum absolute atomic E-state index is 0.0370. The molecule has 2 aliphatic heterocycles. The van der Waals surface area contributed by atoms with Crippen LogP contribution in [0.3, 0.4) is 0 Å². The van der Waals surface area contributed by atoms with Crippen LogP contribution in [0.25, 0.3) is 0 Å². The van der Waals surface area contributed by atoms with E-state index in [1.54, 1.807) is 0 Å². The summed E-state index contributed by atoms with van der Waals surface area (Å²) in [5.74, 6) is 0.508. The van der Waals surface area contributed by atoms with E-state index in [9.17, 15) is 0 Å². The van der Waals surface area contributed by atoms with Crippen molar-refractivity contribution in [2.45, 2.75) is 71.2 Å². The molecule has 2 saturated heterocycles. The molecule has 18 heavy (non-hydrogen) atoms. The van der Waals surface area contributed by atoms with Crippen LogP contribution in [0.2, 0.25) is 0 Å². The average Bonchev–Trinajstić information content (AvgIpc) is 2.82. The summed E-state index contributed by atoms with van der Waals surface area (Å²) < 4.78 is 23.5. The lowest BCUT2D eigenvalue weighted by Crippen LogP contribution is -2.37. The van der Waals surface area contributed by atoms with Crippen LogP contribution >= 0.6 is 0 Å². The molecule has 0 unspecified atom stereocenters. The zero-order valence-corrected chi connectivity index (χ0v) is 12.1. The molecule has 2 fully saturated rings. The average molecular weight is 258 g/mol. The van der Waals surface area contributed by atoms with Gasteiger partial charge in [0, 0.05) is 0 Å². The molecular weight excluding hydrogens is 232 g/mol. The first-order valence-corrected chi connectivity index (χ1v) is 7.03. The van der Waals surface area contributed by atoms with Crippen LogP contribution in [-0.2, 0) is 18.9 Å². The van der Waals surface area contributed by atoms with Gasteiger partial charge in [-0.2, -0.15) is 0 Å². The van der Waals surface area contributed by atoms with E-state index in [4.69, 9.17) is 18.9 Å². The maximum absolute atomic E-state index is 6.03. The molecule has 2 rings (SSSR count). The van der Waals surface area contributed by atoms with E-state index in [0.29, 0.717) is 19.1 Å². The van der Waals surface area contributed by atoms with Gasteiger partial charge in [-0.3, -0.25) is 0 Å². The number of hydrogen-bond acceptors (Lipinski definition) is 4. The molecule has 0 amide bonds. The quantitative estimate of drug-likeness (QED) is 0.756. The van der Waals surface area contributed by atoms with Crippen LogP contribution in [0.1, 0.15) is 34.6 Å². The molecule has 4 nitrogen and oxygen atoms in total. The van der Waals surface area contributed by atoms with Crippen LogP contribution in [0, 0.1) is 5.92 Å².